The van der Waals surface area contributed by atoms with E-state index in [4.69, 9.17) is 33.3 Å². The number of carbonyl (C=O) groups is 2. The molecule has 12 heteroatoms. The summed E-state index contributed by atoms with van der Waals surface area (Å²) in [5.41, 5.74) is 0.569. The first-order valence-electron chi connectivity index (χ1n) is 12.8. The van der Waals surface area contributed by atoms with Crippen LogP contribution >= 0.6 is 34.5 Å². The number of aliphatic carboxylic acids is 1. The molecule has 0 unspecified atom stereocenters. The molecule has 2 fully saturated rings. The molecule has 3 N–H and O–H groups in total. The lowest BCUT2D eigenvalue weighted by atomic mass is 9.80. The third-order valence-electron chi connectivity index (χ3n) is 6.92. The minimum atomic E-state index is -3.92. The van der Waals surface area contributed by atoms with Crippen molar-refractivity contribution in [3.63, 3.8) is 0 Å². The van der Waals surface area contributed by atoms with Crippen molar-refractivity contribution in [1.82, 2.24) is 15.0 Å². The van der Waals surface area contributed by atoms with Crippen LogP contribution < -0.4 is 10.0 Å². The van der Waals surface area contributed by atoms with Crippen LogP contribution in [-0.4, -0.2) is 42.0 Å². The molecule has 2 saturated carbocycles. The van der Waals surface area contributed by atoms with E-state index in [0.29, 0.717) is 35.6 Å². The maximum absolute atomic E-state index is 13.0. The maximum atomic E-state index is 13.0. The van der Waals surface area contributed by atoms with E-state index in [1.54, 1.807) is 20.8 Å². The first-order valence-corrected chi connectivity index (χ1v) is 15.9. The SMILES string of the molecule is CC(C)(C)NS(=O)(=O)c1cc(Cl)c(-c2sc(C(=O)NC3CC(C(=O)O)C3)nc2CC2CCCCC2)cc1Cl. The van der Waals surface area contributed by atoms with Gasteiger partial charge in [-0.2, -0.15) is 0 Å². The molecule has 0 radical (unpaired) electrons. The molecule has 0 bridgehead atoms. The van der Waals surface area contributed by atoms with Crippen LogP contribution in [-0.2, 0) is 21.2 Å². The summed E-state index contributed by atoms with van der Waals surface area (Å²) in [6, 6.07) is 2.68. The number of aromatic nitrogens is 1. The van der Waals surface area contributed by atoms with Gasteiger partial charge in [0.2, 0.25) is 10.0 Å². The molecule has 4 rings (SSSR count). The lowest BCUT2D eigenvalue weighted by Crippen LogP contribution is -2.46. The monoisotopic (exact) mass is 601 g/mol. The Kier molecular flexibility index (Phi) is 8.79. The van der Waals surface area contributed by atoms with Gasteiger partial charge >= 0.3 is 5.97 Å². The number of halogens is 2. The van der Waals surface area contributed by atoms with Crippen molar-refractivity contribution in [3.05, 3.63) is 32.9 Å². The summed E-state index contributed by atoms with van der Waals surface area (Å²) < 4.78 is 28.5. The molecule has 2 aromatic rings. The van der Waals surface area contributed by atoms with Crippen LogP contribution in [0.5, 0.6) is 0 Å². The third kappa shape index (κ3) is 6.88. The van der Waals surface area contributed by atoms with Gasteiger partial charge in [0.1, 0.15) is 4.90 Å². The molecule has 2 aliphatic carbocycles. The predicted molar refractivity (Wildman–Crippen MR) is 150 cm³/mol. The number of hydrogen-bond acceptors (Lipinski definition) is 6. The largest absolute Gasteiger partial charge is 0.481 e. The first kappa shape index (κ1) is 29.3. The number of rotatable bonds is 8. The van der Waals surface area contributed by atoms with E-state index in [-0.39, 0.29) is 31.9 Å². The van der Waals surface area contributed by atoms with Crippen molar-refractivity contribution in [2.24, 2.45) is 11.8 Å². The van der Waals surface area contributed by atoms with Gasteiger partial charge in [0, 0.05) is 17.1 Å². The average molecular weight is 603 g/mol. The highest BCUT2D eigenvalue weighted by Gasteiger charge is 2.36. The number of carboxylic acids is 1. The number of amides is 1. The molecule has 8 nitrogen and oxygen atoms in total. The van der Waals surface area contributed by atoms with Crippen LogP contribution in [0.1, 0.15) is 81.2 Å². The molecule has 38 heavy (non-hydrogen) atoms. The average Bonchev–Trinajstić information content (AvgIpc) is 3.19. The molecule has 2 aliphatic rings. The molecule has 0 spiro atoms. The molecular formula is C26H33Cl2N3O5S2. The van der Waals surface area contributed by atoms with Gasteiger partial charge < -0.3 is 10.4 Å². The van der Waals surface area contributed by atoms with E-state index in [2.05, 4.69) is 10.0 Å². The fraction of sp³-hybridized carbons (Fsp3) is 0.577. The Morgan fingerprint density at radius 3 is 2.37 bits per heavy atom. The number of sulfonamides is 1. The zero-order valence-electron chi connectivity index (χ0n) is 21.6. The van der Waals surface area contributed by atoms with Crippen LogP contribution in [0.2, 0.25) is 10.0 Å². The van der Waals surface area contributed by atoms with E-state index in [1.165, 1.54) is 29.9 Å². The number of hydrogen-bond donors (Lipinski definition) is 3. The molecule has 1 aromatic carbocycles. The second kappa shape index (κ2) is 11.4. The second-order valence-corrected chi connectivity index (χ2v) is 14.8. The molecular weight excluding hydrogens is 569 g/mol. The first-order chi connectivity index (χ1) is 17.7. The zero-order chi connectivity index (χ0) is 27.8. The Morgan fingerprint density at radius 1 is 1.11 bits per heavy atom. The van der Waals surface area contributed by atoms with Gasteiger partial charge in [-0.15, -0.1) is 11.3 Å². The Bertz CT molecular complexity index is 1330. The Morgan fingerprint density at radius 2 is 1.76 bits per heavy atom. The molecule has 0 saturated heterocycles. The fourth-order valence-corrected chi connectivity index (χ4v) is 8.39. The fourth-order valence-electron chi connectivity index (χ4n) is 5.01. The summed E-state index contributed by atoms with van der Waals surface area (Å²) >= 11 is 14.3. The number of nitrogens with zero attached hydrogens (tertiary/aromatic N) is 1. The molecule has 1 heterocycles. The summed E-state index contributed by atoms with van der Waals surface area (Å²) in [6.07, 6.45) is 7.18. The van der Waals surface area contributed by atoms with Gasteiger partial charge in [-0.05, 0) is 58.1 Å². The van der Waals surface area contributed by atoms with E-state index in [0.717, 1.165) is 31.4 Å². The zero-order valence-corrected chi connectivity index (χ0v) is 24.8. The van der Waals surface area contributed by atoms with Crippen molar-refractivity contribution >= 4 is 56.4 Å². The van der Waals surface area contributed by atoms with Crippen molar-refractivity contribution in [3.8, 4) is 10.4 Å². The van der Waals surface area contributed by atoms with Gasteiger partial charge in [-0.1, -0.05) is 55.3 Å². The molecule has 0 aliphatic heterocycles. The normalized spacial score (nSPS) is 20.7. The Balaban J connectivity index is 1.66. The van der Waals surface area contributed by atoms with Crippen molar-refractivity contribution in [1.29, 1.82) is 0 Å². The Hall–Kier alpha value is -1.72. The van der Waals surface area contributed by atoms with Crippen molar-refractivity contribution in [2.45, 2.75) is 88.6 Å². The lowest BCUT2D eigenvalue weighted by Gasteiger charge is -2.32. The number of thiazole rings is 1. The summed E-state index contributed by atoms with van der Waals surface area (Å²) in [5.74, 6) is -1.20. The minimum absolute atomic E-state index is 0.0262. The summed E-state index contributed by atoms with van der Waals surface area (Å²) in [5, 5.41) is 12.5. The summed E-state index contributed by atoms with van der Waals surface area (Å²) in [7, 11) is -3.92. The van der Waals surface area contributed by atoms with E-state index in [9.17, 15) is 18.0 Å². The van der Waals surface area contributed by atoms with Crippen molar-refractivity contribution in [2.75, 3.05) is 0 Å². The summed E-state index contributed by atoms with van der Waals surface area (Å²) in [6.45, 7) is 5.21. The highest BCUT2D eigenvalue weighted by Crippen LogP contribution is 2.41. The number of carbonyl (C=O) groups excluding carboxylic acids is 1. The highest BCUT2D eigenvalue weighted by atomic mass is 35.5. The number of benzene rings is 1. The number of nitrogens with one attached hydrogen (secondary N) is 2. The van der Waals surface area contributed by atoms with Gasteiger partial charge in [-0.3, -0.25) is 9.59 Å². The quantitative estimate of drug-likeness (QED) is 0.345. The lowest BCUT2D eigenvalue weighted by molar-refractivity contribution is -0.145. The highest BCUT2D eigenvalue weighted by molar-refractivity contribution is 7.89. The van der Waals surface area contributed by atoms with E-state index >= 15 is 0 Å². The molecule has 208 valence electrons. The predicted octanol–water partition coefficient (Wildman–Crippen LogP) is 5.91. The summed E-state index contributed by atoms with van der Waals surface area (Å²) in [4.78, 5) is 29.4. The maximum Gasteiger partial charge on any atom is 0.306 e. The van der Waals surface area contributed by atoms with Crippen LogP contribution in [0.25, 0.3) is 10.4 Å². The minimum Gasteiger partial charge on any atom is -0.481 e. The van der Waals surface area contributed by atoms with Gasteiger partial charge in [0.25, 0.3) is 5.91 Å². The Labute approximate surface area is 237 Å². The van der Waals surface area contributed by atoms with Crippen molar-refractivity contribution < 1.29 is 23.1 Å². The molecule has 1 aromatic heterocycles. The molecule has 0 atom stereocenters. The van der Waals surface area contributed by atoms with Crippen LogP contribution in [0.4, 0.5) is 0 Å². The van der Waals surface area contributed by atoms with Gasteiger partial charge in [0.15, 0.2) is 5.01 Å². The third-order valence-corrected chi connectivity index (χ3v) is 10.6. The van der Waals surface area contributed by atoms with Crippen LogP contribution in [0.3, 0.4) is 0 Å². The second-order valence-electron chi connectivity index (χ2n) is 11.3. The van der Waals surface area contributed by atoms with Crippen LogP contribution in [0, 0.1) is 11.8 Å². The van der Waals surface area contributed by atoms with Gasteiger partial charge in [0.05, 0.1) is 26.5 Å². The smallest absolute Gasteiger partial charge is 0.306 e. The molecule has 1 amide bonds. The van der Waals surface area contributed by atoms with E-state index < -0.39 is 27.4 Å². The van der Waals surface area contributed by atoms with E-state index in [1.807, 2.05) is 0 Å². The standard InChI is InChI=1S/C26H33Cl2N3O5S2/c1-26(2,3)31-38(35,36)21-13-18(27)17(12-19(21)28)22-20(9-14-7-5-4-6-8-14)30-24(37-22)23(32)29-16-10-15(11-16)25(33)34/h12-16,31H,4-11H2,1-3H3,(H,29,32)(H,33,34). The van der Waals surface area contributed by atoms with Crippen LogP contribution in [0.15, 0.2) is 17.0 Å². The topological polar surface area (TPSA) is 125 Å². The van der Waals surface area contributed by atoms with Gasteiger partial charge in [-0.25, -0.2) is 18.1 Å². The number of carboxylic acid groups (broad SMARTS) is 1.